The molecule has 0 unspecified atom stereocenters. The molecule has 1 N–H and O–H groups in total. The van der Waals surface area contributed by atoms with Crippen LogP contribution in [-0.2, 0) is 16.2 Å². The zero-order valence-corrected chi connectivity index (χ0v) is 17.8. The number of rotatable bonds is 4. The topological polar surface area (TPSA) is 97.0 Å². The van der Waals surface area contributed by atoms with Gasteiger partial charge in [-0.3, -0.25) is 4.79 Å². The van der Waals surface area contributed by atoms with Crippen LogP contribution in [-0.4, -0.2) is 53.4 Å². The van der Waals surface area contributed by atoms with Crippen molar-refractivity contribution in [2.24, 2.45) is 0 Å². The van der Waals surface area contributed by atoms with Crippen LogP contribution in [0.4, 0.5) is 10.5 Å². The number of piperazine rings is 1. The normalized spacial score (nSPS) is 14.5. The van der Waals surface area contributed by atoms with Crippen molar-refractivity contribution in [1.82, 2.24) is 15.0 Å². The van der Waals surface area contributed by atoms with Crippen molar-refractivity contribution in [2.45, 2.75) is 40.0 Å². The van der Waals surface area contributed by atoms with E-state index in [0.717, 1.165) is 11.3 Å². The Balaban J connectivity index is 1.61. The Morgan fingerprint density at radius 3 is 2.30 bits per heavy atom. The van der Waals surface area contributed by atoms with Crippen molar-refractivity contribution in [3.05, 3.63) is 40.9 Å². The first kappa shape index (κ1) is 21.5. The van der Waals surface area contributed by atoms with Gasteiger partial charge in [0.25, 0.3) is 0 Å². The molecule has 9 nitrogen and oxygen atoms in total. The highest BCUT2D eigenvalue weighted by Gasteiger charge is 2.26. The number of carbonyl (C=O) groups is 2. The van der Waals surface area contributed by atoms with Crippen molar-refractivity contribution >= 4 is 17.7 Å². The highest BCUT2D eigenvalue weighted by molar-refractivity contribution is 5.72. The Kier molecular flexibility index (Phi) is 6.19. The van der Waals surface area contributed by atoms with Gasteiger partial charge in [-0.15, -0.1) is 0 Å². The highest BCUT2D eigenvalue weighted by atomic mass is 16.6. The number of amides is 2. The molecular formula is C21H28N4O5. The van der Waals surface area contributed by atoms with E-state index in [1.807, 2.05) is 45.0 Å². The SMILES string of the molecule is CC(=O)NCn1cc(-c2ccc(N3CCN(C(=O)OC(C)(C)C)CC3)cc2)c(=O)o1. The molecule has 0 atom stereocenters. The standard InChI is InChI=1S/C21H28N4O5/c1-15(26)22-14-25-13-18(19(27)30-25)16-5-7-17(8-6-16)23-9-11-24(12-10-23)20(28)29-21(2,3)4/h5-8,13H,9-12,14H2,1-4H3,(H,22,26). The van der Waals surface area contributed by atoms with E-state index in [1.165, 1.54) is 11.7 Å². The molecule has 1 saturated heterocycles. The van der Waals surface area contributed by atoms with Crippen LogP contribution in [0, 0.1) is 0 Å². The van der Waals surface area contributed by atoms with Crippen molar-refractivity contribution in [1.29, 1.82) is 0 Å². The second-order valence-corrected chi connectivity index (χ2v) is 8.23. The van der Waals surface area contributed by atoms with E-state index in [0.29, 0.717) is 31.7 Å². The zero-order valence-electron chi connectivity index (χ0n) is 17.8. The van der Waals surface area contributed by atoms with Gasteiger partial charge in [0.15, 0.2) is 0 Å². The van der Waals surface area contributed by atoms with Gasteiger partial charge in [0.2, 0.25) is 5.91 Å². The van der Waals surface area contributed by atoms with Crippen molar-refractivity contribution < 1.29 is 18.8 Å². The monoisotopic (exact) mass is 416 g/mol. The maximum Gasteiger partial charge on any atom is 0.410 e. The lowest BCUT2D eigenvalue weighted by molar-refractivity contribution is -0.119. The maximum absolute atomic E-state index is 12.2. The Labute approximate surface area is 175 Å². The highest BCUT2D eigenvalue weighted by Crippen LogP contribution is 2.23. The molecule has 162 valence electrons. The largest absolute Gasteiger partial charge is 0.444 e. The molecule has 2 heterocycles. The fraction of sp³-hybridized carbons (Fsp3) is 0.476. The molecule has 0 aliphatic carbocycles. The van der Waals surface area contributed by atoms with Crippen LogP contribution in [0.5, 0.6) is 0 Å². The molecule has 0 saturated carbocycles. The van der Waals surface area contributed by atoms with Crippen LogP contribution in [0.1, 0.15) is 27.7 Å². The summed E-state index contributed by atoms with van der Waals surface area (Å²) in [7, 11) is 0. The summed E-state index contributed by atoms with van der Waals surface area (Å²) in [6.45, 7) is 9.66. The number of ether oxygens (including phenoxy) is 1. The quantitative estimate of drug-likeness (QED) is 0.821. The first-order chi connectivity index (χ1) is 14.1. The number of nitrogens with zero attached hydrogens (tertiary/aromatic N) is 3. The summed E-state index contributed by atoms with van der Waals surface area (Å²) in [6, 6.07) is 7.63. The van der Waals surface area contributed by atoms with Gasteiger partial charge in [-0.25, -0.2) is 9.59 Å². The number of aromatic nitrogens is 1. The van der Waals surface area contributed by atoms with E-state index in [-0.39, 0.29) is 18.7 Å². The molecule has 0 spiro atoms. The molecule has 1 aromatic heterocycles. The van der Waals surface area contributed by atoms with Crippen molar-refractivity contribution in [2.75, 3.05) is 31.1 Å². The Morgan fingerprint density at radius 1 is 1.10 bits per heavy atom. The zero-order chi connectivity index (χ0) is 21.9. The third kappa shape index (κ3) is 5.43. The number of hydrogen-bond acceptors (Lipinski definition) is 6. The lowest BCUT2D eigenvalue weighted by Gasteiger charge is -2.36. The molecule has 1 fully saturated rings. The van der Waals surface area contributed by atoms with Gasteiger partial charge < -0.3 is 24.4 Å². The number of nitrogens with one attached hydrogen (secondary N) is 1. The van der Waals surface area contributed by atoms with Crippen LogP contribution < -0.4 is 15.8 Å². The number of hydrogen-bond donors (Lipinski definition) is 1. The number of carbonyl (C=O) groups excluding carboxylic acids is 2. The van der Waals surface area contributed by atoms with Gasteiger partial charge in [0, 0.05) is 38.8 Å². The Morgan fingerprint density at radius 2 is 1.73 bits per heavy atom. The summed E-state index contributed by atoms with van der Waals surface area (Å²) in [6.07, 6.45) is 1.29. The Bertz CT molecular complexity index is 947. The predicted molar refractivity (Wildman–Crippen MR) is 112 cm³/mol. The van der Waals surface area contributed by atoms with Gasteiger partial charge in [0.05, 0.1) is 11.8 Å². The molecular weight excluding hydrogens is 388 g/mol. The Hall–Kier alpha value is -3.23. The lowest BCUT2D eigenvalue weighted by atomic mass is 10.1. The molecule has 0 bridgehead atoms. The van der Waals surface area contributed by atoms with Crippen molar-refractivity contribution in [3.63, 3.8) is 0 Å². The van der Waals surface area contributed by atoms with Crippen LogP contribution in [0.15, 0.2) is 39.8 Å². The fourth-order valence-corrected chi connectivity index (χ4v) is 3.16. The van der Waals surface area contributed by atoms with Gasteiger partial charge in [0.1, 0.15) is 12.3 Å². The number of anilines is 1. The first-order valence-electron chi connectivity index (χ1n) is 9.91. The first-order valence-corrected chi connectivity index (χ1v) is 9.91. The van der Waals surface area contributed by atoms with E-state index in [4.69, 9.17) is 9.26 Å². The predicted octanol–water partition coefficient (Wildman–Crippen LogP) is 2.26. The smallest absolute Gasteiger partial charge is 0.410 e. The van der Waals surface area contributed by atoms with E-state index in [9.17, 15) is 14.4 Å². The molecule has 0 radical (unpaired) electrons. The van der Waals surface area contributed by atoms with Crippen molar-refractivity contribution in [3.8, 4) is 11.1 Å². The van der Waals surface area contributed by atoms with Gasteiger partial charge in [-0.2, -0.15) is 4.74 Å². The lowest BCUT2D eigenvalue weighted by Crippen LogP contribution is -2.50. The minimum atomic E-state index is -0.502. The molecule has 2 amide bonds. The average Bonchev–Trinajstić information content (AvgIpc) is 3.06. The molecule has 9 heteroatoms. The van der Waals surface area contributed by atoms with E-state index in [2.05, 4.69) is 10.2 Å². The van der Waals surface area contributed by atoms with Gasteiger partial charge in [-0.05, 0) is 38.5 Å². The van der Waals surface area contributed by atoms with Crippen LogP contribution >= 0.6 is 0 Å². The molecule has 2 aromatic rings. The van der Waals surface area contributed by atoms with Gasteiger partial charge >= 0.3 is 11.7 Å². The molecule has 1 aliphatic heterocycles. The van der Waals surface area contributed by atoms with Crippen LogP contribution in [0.3, 0.4) is 0 Å². The third-order valence-corrected chi connectivity index (χ3v) is 4.65. The summed E-state index contributed by atoms with van der Waals surface area (Å²) in [5.41, 5.74) is 1.23. The summed E-state index contributed by atoms with van der Waals surface area (Å²) >= 11 is 0. The third-order valence-electron chi connectivity index (χ3n) is 4.65. The van der Waals surface area contributed by atoms with Crippen LogP contribution in [0.2, 0.25) is 0 Å². The summed E-state index contributed by atoms with van der Waals surface area (Å²) in [5, 5.41) is 2.58. The van der Waals surface area contributed by atoms with Gasteiger partial charge in [-0.1, -0.05) is 12.1 Å². The van der Waals surface area contributed by atoms with E-state index >= 15 is 0 Å². The van der Waals surface area contributed by atoms with Crippen LogP contribution in [0.25, 0.3) is 11.1 Å². The number of benzene rings is 1. The molecule has 1 aliphatic rings. The summed E-state index contributed by atoms with van der Waals surface area (Å²) in [4.78, 5) is 39.2. The molecule has 1 aromatic carbocycles. The van der Waals surface area contributed by atoms with E-state index in [1.54, 1.807) is 11.1 Å². The second-order valence-electron chi connectivity index (χ2n) is 8.23. The average molecular weight is 416 g/mol. The van der Waals surface area contributed by atoms with E-state index < -0.39 is 11.2 Å². The molecule has 30 heavy (non-hydrogen) atoms. The maximum atomic E-state index is 12.2. The minimum absolute atomic E-state index is 0.102. The second kappa shape index (κ2) is 8.64. The fourth-order valence-electron chi connectivity index (χ4n) is 3.16. The summed E-state index contributed by atoms with van der Waals surface area (Å²) in [5.74, 6) is -0.205. The molecule has 3 rings (SSSR count). The minimum Gasteiger partial charge on any atom is -0.444 e. The summed E-state index contributed by atoms with van der Waals surface area (Å²) < 4.78 is 11.8.